The maximum absolute atomic E-state index is 3.99. The van der Waals surface area contributed by atoms with Crippen LogP contribution in [0.2, 0.25) is 0 Å². The minimum absolute atomic E-state index is 0.764. The first-order valence-electron chi connectivity index (χ1n) is 6.76. The number of allylic oxidation sites excluding steroid dienone is 11. The molecule has 0 N–H and O–H groups in total. The van der Waals surface area contributed by atoms with E-state index in [4.69, 9.17) is 0 Å². The van der Waals surface area contributed by atoms with Crippen molar-refractivity contribution in [1.29, 1.82) is 0 Å². The van der Waals surface area contributed by atoms with E-state index >= 15 is 0 Å². The highest BCUT2D eigenvalue weighted by Gasteiger charge is 1.95. The van der Waals surface area contributed by atoms with Crippen molar-refractivity contribution in [3.63, 3.8) is 0 Å². The van der Waals surface area contributed by atoms with Gasteiger partial charge in [-0.3, -0.25) is 0 Å². The summed E-state index contributed by atoms with van der Waals surface area (Å²) in [6.07, 6.45) is 12.5. The first-order valence-corrected chi connectivity index (χ1v) is 6.76. The van der Waals surface area contributed by atoms with Gasteiger partial charge >= 0.3 is 0 Å². The number of hydrogen-bond acceptors (Lipinski definition) is 0. The fourth-order valence-corrected chi connectivity index (χ4v) is 1.25. The van der Waals surface area contributed by atoms with E-state index in [2.05, 4.69) is 46.1 Å². The molecule has 0 spiro atoms. The van der Waals surface area contributed by atoms with Gasteiger partial charge < -0.3 is 0 Å². The van der Waals surface area contributed by atoms with Crippen LogP contribution in [0.3, 0.4) is 0 Å². The van der Waals surface area contributed by atoms with Crippen LogP contribution >= 0.6 is 0 Å². The highest BCUT2D eigenvalue weighted by Crippen LogP contribution is 2.14. The smallest absolute Gasteiger partial charge is 0.00943 e. The predicted octanol–water partition coefficient (Wildman–Crippen LogP) is 6.67. The van der Waals surface area contributed by atoms with Gasteiger partial charge in [-0.15, -0.1) is 13.2 Å². The van der Waals surface area contributed by atoms with Gasteiger partial charge in [0.25, 0.3) is 0 Å². The van der Waals surface area contributed by atoms with E-state index in [0.717, 1.165) is 34.3 Å². The summed E-state index contributed by atoms with van der Waals surface area (Å²) in [5, 5.41) is 0. The number of hydrogen-bond donors (Lipinski definition) is 0. The first kappa shape index (κ1) is 21.0. The Labute approximate surface area is 131 Å². The van der Waals surface area contributed by atoms with Gasteiger partial charge in [-0.05, 0) is 42.6 Å². The van der Waals surface area contributed by atoms with Gasteiger partial charge in [0.15, 0.2) is 0 Å². The van der Waals surface area contributed by atoms with Crippen molar-refractivity contribution in [2.24, 2.45) is 0 Å². The predicted molar refractivity (Wildman–Crippen MR) is 100 cm³/mol. The van der Waals surface area contributed by atoms with Crippen molar-refractivity contribution in [3.05, 3.63) is 110 Å². The van der Waals surface area contributed by atoms with Gasteiger partial charge in [0.1, 0.15) is 0 Å². The second-order valence-corrected chi connectivity index (χ2v) is 4.47. The Hall–Kier alpha value is -2.34. The van der Waals surface area contributed by atoms with Gasteiger partial charge in [-0.25, -0.2) is 0 Å². The van der Waals surface area contributed by atoms with Gasteiger partial charge in [0.2, 0.25) is 0 Å². The molecule has 0 bridgehead atoms. The summed E-state index contributed by atoms with van der Waals surface area (Å²) in [4.78, 5) is 0. The summed E-state index contributed by atoms with van der Waals surface area (Å²) in [5.74, 6) is 0. The van der Waals surface area contributed by atoms with Crippen LogP contribution in [0.1, 0.15) is 20.3 Å². The highest BCUT2D eigenvalue weighted by molar-refractivity contribution is 5.44. The van der Waals surface area contributed by atoms with E-state index in [1.165, 1.54) is 0 Å². The van der Waals surface area contributed by atoms with E-state index in [1.807, 2.05) is 50.3 Å². The quantitative estimate of drug-likeness (QED) is 0.344. The average Bonchev–Trinajstić information content (AvgIpc) is 2.46. The molecule has 112 valence electrons. The van der Waals surface area contributed by atoms with Gasteiger partial charge in [0, 0.05) is 0 Å². The fraction of sp³-hybridized carbons (Fsp3) is 0.143. The standard InChI is InChI=1S/C19H24.C2H4/c1-8-10-16(4)17(5)11-9-12-18(6)19(7)14-13-15(2)3;1-2/h8-10,12-14H,2,4-7,11H2,1,3H3;1-2H2/b10-8-,12-9-,14-13-;. The third kappa shape index (κ3) is 11.2. The molecule has 0 aromatic carbocycles. The molecule has 0 saturated heterocycles. The van der Waals surface area contributed by atoms with Crippen LogP contribution in [0.5, 0.6) is 0 Å². The summed E-state index contributed by atoms with van der Waals surface area (Å²) >= 11 is 0. The Morgan fingerprint density at radius 1 is 0.762 bits per heavy atom. The summed E-state index contributed by atoms with van der Waals surface area (Å²) < 4.78 is 0. The lowest BCUT2D eigenvalue weighted by atomic mass is 10.0. The first-order chi connectivity index (χ1) is 9.88. The largest absolute Gasteiger partial charge is 0.106 e. The Kier molecular flexibility index (Phi) is 12.7. The van der Waals surface area contributed by atoms with E-state index < -0.39 is 0 Å². The van der Waals surface area contributed by atoms with Crippen LogP contribution in [0.15, 0.2) is 110 Å². The Morgan fingerprint density at radius 2 is 1.29 bits per heavy atom. The van der Waals surface area contributed by atoms with Crippen molar-refractivity contribution in [2.45, 2.75) is 20.3 Å². The topological polar surface area (TPSA) is 0 Å². The molecular formula is C21H28. The molecule has 0 heteroatoms. The Balaban J connectivity index is 0. The monoisotopic (exact) mass is 280 g/mol. The third-order valence-corrected chi connectivity index (χ3v) is 2.49. The van der Waals surface area contributed by atoms with Crippen LogP contribution < -0.4 is 0 Å². The maximum atomic E-state index is 3.99. The zero-order valence-electron chi connectivity index (χ0n) is 13.6. The molecule has 0 aliphatic carbocycles. The second-order valence-electron chi connectivity index (χ2n) is 4.47. The number of rotatable bonds is 8. The average molecular weight is 280 g/mol. The summed E-state index contributed by atoms with van der Waals surface area (Å²) in [7, 11) is 0. The zero-order valence-corrected chi connectivity index (χ0v) is 13.6. The Morgan fingerprint density at radius 3 is 1.76 bits per heavy atom. The molecule has 0 aromatic heterocycles. The molecule has 0 saturated carbocycles. The molecule has 0 aliphatic rings. The molecular weight excluding hydrogens is 252 g/mol. The Bertz CT molecular complexity index is 490. The van der Waals surface area contributed by atoms with Crippen molar-refractivity contribution >= 4 is 0 Å². The van der Waals surface area contributed by atoms with E-state index in [9.17, 15) is 0 Å². The van der Waals surface area contributed by atoms with Crippen LogP contribution in [-0.2, 0) is 0 Å². The van der Waals surface area contributed by atoms with Crippen molar-refractivity contribution < 1.29 is 0 Å². The molecule has 0 aliphatic heterocycles. The molecule has 0 rings (SSSR count). The summed E-state index contributed by atoms with van der Waals surface area (Å²) in [5.41, 5.74) is 4.73. The lowest BCUT2D eigenvalue weighted by molar-refractivity contribution is 1.26. The maximum Gasteiger partial charge on any atom is -0.00943 e. The van der Waals surface area contributed by atoms with Gasteiger partial charge in [-0.1, -0.05) is 74.9 Å². The molecule has 0 amide bonds. The van der Waals surface area contributed by atoms with Crippen LogP contribution in [-0.4, -0.2) is 0 Å². The van der Waals surface area contributed by atoms with E-state index in [0.29, 0.717) is 0 Å². The molecule has 21 heavy (non-hydrogen) atoms. The van der Waals surface area contributed by atoms with E-state index in [-0.39, 0.29) is 0 Å². The molecule has 0 fully saturated rings. The minimum atomic E-state index is 0.764. The highest BCUT2D eigenvalue weighted by atomic mass is 14.0. The van der Waals surface area contributed by atoms with Crippen LogP contribution in [0.25, 0.3) is 0 Å². The zero-order chi connectivity index (χ0) is 16.8. The molecule has 0 nitrogen and oxygen atoms in total. The SMILES string of the molecule is C=C.C=C(C)/C=C\C(=C)C(=C)/C=C\CC(=C)C(=C)/C=C\C. The molecule has 0 heterocycles. The van der Waals surface area contributed by atoms with E-state index in [1.54, 1.807) is 0 Å². The molecule has 0 unspecified atom stereocenters. The lowest BCUT2D eigenvalue weighted by Crippen LogP contribution is -1.82. The molecule has 0 radical (unpaired) electrons. The second kappa shape index (κ2) is 12.7. The van der Waals surface area contributed by atoms with Crippen molar-refractivity contribution in [3.8, 4) is 0 Å². The molecule has 0 atom stereocenters. The fourth-order valence-electron chi connectivity index (χ4n) is 1.25. The summed E-state index contributed by atoms with van der Waals surface area (Å²) in [6.45, 7) is 29.6. The third-order valence-electron chi connectivity index (χ3n) is 2.49. The van der Waals surface area contributed by atoms with Crippen LogP contribution in [0, 0.1) is 0 Å². The summed E-state index contributed by atoms with van der Waals surface area (Å²) in [6, 6.07) is 0. The lowest BCUT2D eigenvalue weighted by Gasteiger charge is -2.02. The van der Waals surface area contributed by atoms with Crippen molar-refractivity contribution in [2.75, 3.05) is 0 Å². The normalized spacial score (nSPS) is 10.4. The minimum Gasteiger partial charge on any atom is -0.106 e. The van der Waals surface area contributed by atoms with Gasteiger partial charge in [0.05, 0.1) is 0 Å². The van der Waals surface area contributed by atoms with Crippen molar-refractivity contribution in [1.82, 2.24) is 0 Å². The molecule has 0 aromatic rings. The van der Waals surface area contributed by atoms with Crippen LogP contribution in [0.4, 0.5) is 0 Å². The van der Waals surface area contributed by atoms with Gasteiger partial charge in [-0.2, -0.15) is 0 Å².